The summed E-state index contributed by atoms with van der Waals surface area (Å²) in [6.45, 7) is 1.71. The highest BCUT2D eigenvalue weighted by Crippen LogP contribution is 2.30. The Bertz CT molecular complexity index is 681. The molecule has 0 bridgehead atoms. The van der Waals surface area contributed by atoms with E-state index in [0.29, 0.717) is 21.4 Å². The van der Waals surface area contributed by atoms with Gasteiger partial charge in [0.15, 0.2) is 0 Å². The monoisotopic (exact) mass is 339 g/mol. The second-order valence-electron chi connectivity index (χ2n) is 4.52. The quantitative estimate of drug-likeness (QED) is 0.808. The average Bonchev–Trinajstić information content (AvgIpc) is 2.49. The number of nitrogens with one attached hydrogen (secondary N) is 1. The zero-order chi connectivity index (χ0) is 16.1. The largest absolute Gasteiger partial charge is 0.495 e. The van der Waals surface area contributed by atoms with Gasteiger partial charge >= 0.3 is 0 Å². The number of thioether (sulfide) groups is 1. The maximum absolute atomic E-state index is 13.6. The van der Waals surface area contributed by atoms with Gasteiger partial charge in [-0.1, -0.05) is 23.7 Å². The van der Waals surface area contributed by atoms with Gasteiger partial charge in [0.2, 0.25) is 5.91 Å². The van der Waals surface area contributed by atoms with Crippen molar-refractivity contribution in [2.45, 2.75) is 17.1 Å². The normalized spacial score (nSPS) is 11.8. The van der Waals surface area contributed by atoms with Crippen molar-refractivity contribution in [1.29, 1.82) is 0 Å². The summed E-state index contributed by atoms with van der Waals surface area (Å²) >= 11 is 7.08. The van der Waals surface area contributed by atoms with Crippen LogP contribution in [-0.4, -0.2) is 18.3 Å². The van der Waals surface area contributed by atoms with Crippen LogP contribution >= 0.6 is 23.4 Å². The van der Waals surface area contributed by atoms with E-state index in [1.54, 1.807) is 43.3 Å². The predicted octanol–water partition coefficient (Wildman–Crippen LogP) is 4.61. The standard InChI is InChI=1S/C16H15ClFNO2S/c1-10(22-15-6-4-3-5-12(15)18)16(20)19-13-9-11(17)7-8-14(13)21-2/h3-10H,1-2H3,(H,19,20). The molecule has 0 fully saturated rings. The molecule has 2 aromatic rings. The molecule has 116 valence electrons. The number of anilines is 1. The smallest absolute Gasteiger partial charge is 0.237 e. The van der Waals surface area contributed by atoms with Crippen LogP contribution in [-0.2, 0) is 4.79 Å². The first-order valence-corrected chi connectivity index (χ1v) is 7.82. The molecule has 1 amide bonds. The lowest BCUT2D eigenvalue weighted by atomic mass is 10.3. The Labute approximate surface area is 137 Å². The highest BCUT2D eigenvalue weighted by Gasteiger charge is 2.18. The van der Waals surface area contributed by atoms with Crippen molar-refractivity contribution in [3.63, 3.8) is 0 Å². The summed E-state index contributed by atoms with van der Waals surface area (Å²) in [6.07, 6.45) is 0. The lowest BCUT2D eigenvalue weighted by Crippen LogP contribution is -2.22. The van der Waals surface area contributed by atoms with E-state index in [1.165, 1.54) is 13.2 Å². The Morgan fingerprint density at radius 3 is 2.73 bits per heavy atom. The molecule has 2 rings (SSSR count). The van der Waals surface area contributed by atoms with Crippen molar-refractivity contribution in [3.8, 4) is 5.75 Å². The second kappa shape index (κ2) is 7.51. The van der Waals surface area contributed by atoms with Crippen LogP contribution in [0.15, 0.2) is 47.4 Å². The zero-order valence-corrected chi connectivity index (χ0v) is 13.7. The number of ether oxygens (including phenoxy) is 1. The molecule has 0 heterocycles. The number of carbonyl (C=O) groups is 1. The summed E-state index contributed by atoms with van der Waals surface area (Å²) < 4.78 is 18.8. The number of hydrogen-bond acceptors (Lipinski definition) is 3. The third-order valence-electron chi connectivity index (χ3n) is 2.93. The lowest BCUT2D eigenvalue weighted by molar-refractivity contribution is -0.115. The molecule has 0 spiro atoms. The first kappa shape index (κ1) is 16.6. The molecule has 3 nitrogen and oxygen atoms in total. The molecule has 0 radical (unpaired) electrons. The third-order valence-corrected chi connectivity index (χ3v) is 4.32. The van der Waals surface area contributed by atoms with Gasteiger partial charge in [0, 0.05) is 9.92 Å². The van der Waals surface area contributed by atoms with E-state index >= 15 is 0 Å². The Hall–Kier alpha value is -1.72. The fourth-order valence-corrected chi connectivity index (χ4v) is 2.85. The van der Waals surface area contributed by atoms with Crippen LogP contribution in [0, 0.1) is 5.82 Å². The fourth-order valence-electron chi connectivity index (χ4n) is 1.80. The SMILES string of the molecule is COc1ccc(Cl)cc1NC(=O)C(C)Sc1ccccc1F. The van der Waals surface area contributed by atoms with Crippen LogP contribution in [0.25, 0.3) is 0 Å². The zero-order valence-electron chi connectivity index (χ0n) is 12.1. The fraction of sp³-hybridized carbons (Fsp3) is 0.188. The van der Waals surface area contributed by atoms with E-state index in [4.69, 9.17) is 16.3 Å². The van der Waals surface area contributed by atoms with Crippen LogP contribution in [0.5, 0.6) is 5.75 Å². The van der Waals surface area contributed by atoms with E-state index in [0.717, 1.165) is 11.8 Å². The molecule has 0 aliphatic rings. The number of methoxy groups -OCH3 is 1. The molecule has 22 heavy (non-hydrogen) atoms. The number of halogens is 2. The molecule has 1 N–H and O–H groups in total. The molecule has 0 aromatic heterocycles. The molecule has 0 saturated carbocycles. The van der Waals surface area contributed by atoms with Crippen LogP contribution < -0.4 is 10.1 Å². The van der Waals surface area contributed by atoms with Crippen molar-refractivity contribution < 1.29 is 13.9 Å². The first-order chi connectivity index (χ1) is 10.5. The van der Waals surface area contributed by atoms with Crippen molar-refractivity contribution in [1.82, 2.24) is 0 Å². The van der Waals surface area contributed by atoms with Crippen LogP contribution in [0.4, 0.5) is 10.1 Å². The first-order valence-electron chi connectivity index (χ1n) is 6.57. The number of amides is 1. The van der Waals surface area contributed by atoms with Crippen molar-refractivity contribution in [2.75, 3.05) is 12.4 Å². The highest BCUT2D eigenvalue weighted by molar-refractivity contribution is 8.00. The summed E-state index contributed by atoms with van der Waals surface area (Å²) in [6, 6.07) is 11.3. The second-order valence-corrected chi connectivity index (χ2v) is 6.34. The Morgan fingerprint density at radius 1 is 1.32 bits per heavy atom. The van der Waals surface area contributed by atoms with Crippen molar-refractivity contribution in [3.05, 3.63) is 53.3 Å². The molecule has 6 heteroatoms. The number of hydrogen-bond donors (Lipinski definition) is 1. The maximum atomic E-state index is 13.6. The van der Waals surface area contributed by atoms with E-state index in [1.807, 2.05) is 0 Å². The Balaban J connectivity index is 2.09. The van der Waals surface area contributed by atoms with Gasteiger partial charge in [0.25, 0.3) is 0 Å². The van der Waals surface area contributed by atoms with Crippen LogP contribution in [0.3, 0.4) is 0 Å². The molecule has 1 atom stereocenters. The summed E-state index contributed by atoms with van der Waals surface area (Å²) in [7, 11) is 1.51. The molecule has 0 aliphatic carbocycles. The van der Waals surface area contributed by atoms with Gasteiger partial charge in [-0.2, -0.15) is 0 Å². The van der Waals surface area contributed by atoms with E-state index in [2.05, 4.69) is 5.32 Å². The lowest BCUT2D eigenvalue weighted by Gasteiger charge is -2.14. The van der Waals surface area contributed by atoms with Gasteiger partial charge in [-0.25, -0.2) is 4.39 Å². The van der Waals surface area contributed by atoms with E-state index in [9.17, 15) is 9.18 Å². The number of rotatable bonds is 5. The number of benzene rings is 2. The van der Waals surface area contributed by atoms with Gasteiger partial charge in [0.05, 0.1) is 18.0 Å². The molecule has 1 unspecified atom stereocenters. The van der Waals surface area contributed by atoms with Crippen LogP contribution in [0.2, 0.25) is 5.02 Å². The Morgan fingerprint density at radius 2 is 2.05 bits per heavy atom. The molecular weight excluding hydrogens is 325 g/mol. The van der Waals surface area contributed by atoms with Gasteiger partial charge in [-0.05, 0) is 37.3 Å². The van der Waals surface area contributed by atoms with Gasteiger partial charge in [-0.3, -0.25) is 4.79 Å². The van der Waals surface area contributed by atoms with Gasteiger partial charge in [0.1, 0.15) is 11.6 Å². The summed E-state index contributed by atoms with van der Waals surface area (Å²) in [5, 5.41) is 2.77. The van der Waals surface area contributed by atoms with Gasteiger partial charge in [-0.15, -0.1) is 11.8 Å². The average molecular weight is 340 g/mol. The highest BCUT2D eigenvalue weighted by atomic mass is 35.5. The third kappa shape index (κ3) is 4.15. The minimum atomic E-state index is -0.472. The van der Waals surface area contributed by atoms with Crippen molar-refractivity contribution >= 4 is 35.0 Å². The van der Waals surface area contributed by atoms with Crippen molar-refractivity contribution in [2.24, 2.45) is 0 Å². The number of carbonyl (C=O) groups excluding carboxylic acids is 1. The molecule has 2 aromatic carbocycles. The summed E-state index contributed by atoms with van der Waals surface area (Å²) in [5.41, 5.74) is 0.487. The van der Waals surface area contributed by atoms with Gasteiger partial charge < -0.3 is 10.1 Å². The molecular formula is C16H15ClFNO2S. The minimum absolute atomic E-state index is 0.256. The molecule has 0 aliphatic heterocycles. The topological polar surface area (TPSA) is 38.3 Å². The van der Waals surface area contributed by atoms with E-state index < -0.39 is 5.25 Å². The van der Waals surface area contributed by atoms with Crippen LogP contribution in [0.1, 0.15) is 6.92 Å². The maximum Gasteiger partial charge on any atom is 0.237 e. The van der Waals surface area contributed by atoms with E-state index in [-0.39, 0.29) is 11.7 Å². The predicted molar refractivity (Wildman–Crippen MR) is 88.4 cm³/mol. The molecule has 0 saturated heterocycles. The summed E-state index contributed by atoms with van der Waals surface area (Å²) in [5.74, 6) is -0.0813. The minimum Gasteiger partial charge on any atom is -0.495 e. The summed E-state index contributed by atoms with van der Waals surface area (Å²) in [4.78, 5) is 12.7. The Kier molecular flexibility index (Phi) is 5.69.